The largest absolute Gasteiger partial charge is 0.463 e. The lowest BCUT2D eigenvalue weighted by Crippen LogP contribution is -2.25. The van der Waals surface area contributed by atoms with E-state index in [4.69, 9.17) is 14.3 Å². The van der Waals surface area contributed by atoms with E-state index in [2.05, 4.69) is 10.3 Å². The molecule has 2 heterocycles. The number of aliphatic hydroxyl groups excluding tert-OH is 1. The maximum Gasteiger partial charge on any atom is 0.267 e. The van der Waals surface area contributed by atoms with E-state index in [1.165, 1.54) is 0 Å². The van der Waals surface area contributed by atoms with E-state index in [1.807, 2.05) is 0 Å². The van der Waals surface area contributed by atoms with Crippen molar-refractivity contribution >= 4 is 17.0 Å². The number of furan rings is 1. The highest BCUT2D eigenvalue weighted by Crippen LogP contribution is 2.15. The number of carbonyl (C=O) groups excluding carboxylic acids is 1. The van der Waals surface area contributed by atoms with Gasteiger partial charge in [0.05, 0.1) is 25.0 Å². The average Bonchev–Trinajstić information content (AvgIpc) is 2.93. The molecule has 6 heteroatoms. The topological polar surface area (TPSA) is 87.5 Å². The molecule has 0 atom stereocenters. The number of hydrogen-bond acceptors (Lipinski definition) is 4. The SMILES string of the molecule is O=C(NCCCOCCO)c1cc2occc2[nH]1. The van der Waals surface area contributed by atoms with Crippen molar-refractivity contribution in [1.82, 2.24) is 10.3 Å². The second kappa shape index (κ2) is 6.23. The van der Waals surface area contributed by atoms with Crippen LogP contribution in [0.25, 0.3) is 11.1 Å². The molecule has 0 aliphatic heterocycles. The zero-order valence-electron chi connectivity index (χ0n) is 9.94. The first-order valence-corrected chi connectivity index (χ1v) is 5.84. The van der Waals surface area contributed by atoms with Gasteiger partial charge in [-0.05, 0) is 6.42 Å². The van der Waals surface area contributed by atoms with E-state index >= 15 is 0 Å². The van der Waals surface area contributed by atoms with Crippen molar-refractivity contribution in [3.05, 3.63) is 24.1 Å². The minimum atomic E-state index is -0.163. The second-order valence-electron chi connectivity index (χ2n) is 3.83. The molecule has 0 saturated heterocycles. The van der Waals surface area contributed by atoms with Gasteiger partial charge in [-0.1, -0.05) is 0 Å². The molecule has 3 N–H and O–H groups in total. The van der Waals surface area contributed by atoms with Gasteiger partial charge in [-0.15, -0.1) is 0 Å². The van der Waals surface area contributed by atoms with Crippen LogP contribution in [0.1, 0.15) is 16.9 Å². The number of nitrogens with one attached hydrogen (secondary N) is 2. The Morgan fingerprint density at radius 2 is 2.39 bits per heavy atom. The number of carbonyl (C=O) groups is 1. The Morgan fingerprint density at radius 3 is 3.17 bits per heavy atom. The Hall–Kier alpha value is -1.79. The maximum atomic E-state index is 11.7. The van der Waals surface area contributed by atoms with Crippen LogP contribution in [0.15, 0.2) is 22.8 Å². The van der Waals surface area contributed by atoms with Gasteiger partial charge in [-0.3, -0.25) is 4.79 Å². The maximum absolute atomic E-state index is 11.7. The minimum Gasteiger partial charge on any atom is -0.463 e. The predicted octanol–water partition coefficient (Wildman–Crippen LogP) is 0.890. The van der Waals surface area contributed by atoms with Gasteiger partial charge in [0.15, 0.2) is 5.58 Å². The zero-order chi connectivity index (χ0) is 12.8. The molecule has 0 unspecified atom stereocenters. The molecular weight excluding hydrogens is 236 g/mol. The molecule has 98 valence electrons. The van der Waals surface area contributed by atoms with Gasteiger partial charge < -0.3 is 24.6 Å². The number of fused-ring (bicyclic) bond motifs is 1. The molecule has 0 aromatic carbocycles. The summed E-state index contributed by atoms with van der Waals surface area (Å²) in [7, 11) is 0. The number of aromatic nitrogens is 1. The Bertz CT molecular complexity index is 474. The molecule has 2 aromatic rings. The smallest absolute Gasteiger partial charge is 0.267 e. The van der Waals surface area contributed by atoms with Crippen molar-refractivity contribution in [2.45, 2.75) is 6.42 Å². The van der Waals surface area contributed by atoms with Crippen molar-refractivity contribution < 1.29 is 19.1 Å². The van der Waals surface area contributed by atoms with Crippen molar-refractivity contribution in [2.24, 2.45) is 0 Å². The summed E-state index contributed by atoms with van der Waals surface area (Å²) in [6, 6.07) is 3.45. The molecule has 0 aliphatic carbocycles. The summed E-state index contributed by atoms with van der Waals surface area (Å²) in [4.78, 5) is 14.7. The van der Waals surface area contributed by atoms with Gasteiger partial charge in [0.25, 0.3) is 5.91 Å². The van der Waals surface area contributed by atoms with Gasteiger partial charge in [0.1, 0.15) is 5.69 Å². The van der Waals surface area contributed by atoms with Crippen LogP contribution in [-0.4, -0.2) is 42.4 Å². The summed E-state index contributed by atoms with van der Waals surface area (Å²) >= 11 is 0. The number of H-pyrrole nitrogens is 1. The Morgan fingerprint density at radius 1 is 1.50 bits per heavy atom. The van der Waals surface area contributed by atoms with Crippen LogP contribution in [0.4, 0.5) is 0 Å². The average molecular weight is 252 g/mol. The van der Waals surface area contributed by atoms with Crippen LogP contribution in [0.2, 0.25) is 0 Å². The fraction of sp³-hybridized carbons (Fsp3) is 0.417. The third kappa shape index (κ3) is 3.12. The van der Waals surface area contributed by atoms with E-state index in [-0.39, 0.29) is 12.5 Å². The Kier molecular flexibility index (Phi) is 4.38. The van der Waals surface area contributed by atoms with Crippen molar-refractivity contribution in [3.8, 4) is 0 Å². The number of amides is 1. The van der Waals surface area contributed by atoms with Crippen LogP contribution in [0.5, 0.6) is 0 Å². The van der Waals surface area contributed by atoms with Gasteiger partial charge >= 0.3 is 0 Å². The molecule has 0 aliphatic rings. The molecule has 1 amide bonds. The van der Waals surface area contributed by atoms with Crippen molar-refractivity contribution in [1.29, 1.82) is 0 Å². The van der Waals surface area contributed by atoms with E-state index < -0.39 is 0 Å². The number of aliphatic hydroxyl groups is 1. The molecule has 0 saturated carbocycles. The molecule has 2 rings (SSSR count). The summed E-state index contributed by atoms with van der Waals surface area (Å²) in [6.07, 6.45) is 2.28. The van der Waals surface area contributed by atoms with E-state index in [1.54, 1.807) is 18.4 Å². The Labute approximate surface area is 104 Å². The van der Waals surface area contributed by atoms with Crippen LogP contribution in [-0.2, 0) is 4.74 Å². The normalized spacial score (nSPS) is 10.9. The number of hydrogen-bond donors (Lipinski definition) is 3. The highest BCUT2D eigenvalue weighted by molar-refractivity contribution is 5.96. The van der Waals surface area contributed by atoms with Gasteiger partial charge in [-0.25, -0.2) is 0 Å². The number of ether oxygens (including phenoxy) is 1. The van der Waals surface area contributed by atoms with Gasteiger partial charge in [-0.2, -0.15) is 0 Å². The third-order valence-corrected chi connectivity index (χ3v) is 2.47. The first-order chi connectivity index (χ1) is 8.81. The first kappa shape index (κ1) is 12.7. The molecule has 2 aromatic heterocycles. The molecule has 0 radical (unpaired) electrons. The Balaban J connectivity index is 1.73. The summed E-state index contributed by atoms with van der Waals surface area (Å²) in [5.74, 6) is -0.163. The lowest BCUT2D eigenvalue weighted by atomic mass is 10.3. The summed E-state index contributed by atoms with van der Waals surface area (Å²) in [6.45, 7) is 1.41. The van der Waals surface area contributed by atoms with Crippen molar-refractivity contribution in [3.63, 3.8) is 0 Å². The summed E-state index contributed by atoms with van der Waals surface area (Å²) in [5, 5.41) is 11.3. The highest BCUT2D eigenvalue weighted by Gasteiger charge is 2.10. The van der Waals surface area contributed by atoms with Crippen molar-refractivity contribution in [2.75, 3.05) is 26.4 Å². The van der Waals surface area contributed by atoms with E-state index in [9.17, 15) is 4.79 Å². The van der Waals surface area contributed by atoms with Crippen LogP contribution < -0.4 is 5.32 Å². The summed E-state index contributed by atoms with van der Waals surface area (Å²) in [5.41, 5.74) is 1.97. The molecule has 18 heavy (non-hydrogen) atoms. The van der Waals surface area contributed by atoms with Crippen LogP contribution >= 0.6 is 0 Å². The number of rotatable bonds is 7. The lowest BCUT2D eigenvalue weighted by molar-refractivity contribution is 0.0866. The highest BCUT2D eigenvalue weighted by atomic mass is 16.5. The van der Waals surface area contributed by atoms with Crippen LogP contribution in [0, 0.1) is 0 Å². The van der Waals surface area contributed by atoms with E-state index in [0.29, 0.717) is 37.5 Å². The monoisotopic (exact) mass is 252 g/mol. The number of aromatic amines is 1. The van der Waals surface area contributed by atoms with Gasteiger partial charge in [0, 0.05) is 25.3 Å². The quantitative estimate of drug-likeness (QED) is 0.639. The standard InChI is InChI=1S/C12H16N2O4/c15-4-7-17-5-1-3-13-12(16)10-8-11-9(14-10)2-6-18-11/h2,6,8,14-15H,1,3-5,7H2,(H,13,16). The first-order valence-electron chi connectivity index (χ1n) is 5.84. The molecule has 0 spiro atoms. The van der Waals surface area contributed by atoms with Crippen LogP contribution in [0.3, 0.4) is 0 Å². The second-order valence-corrected chi connectivity index (χ2v) is 3.83. The molecular formula is C12H16N2O4. The van der Waals surface area contributed by atoms with Gasteiger partial charge in [0.2, 0.25) is 0 Å². The fourth-order valence-corrected chi connectivity index (χ4v) is 1.61. The zero-order valence-corrected chi connectivity index (χ0v) is 9.94. The third-order valence-electron chi connectivity index (χ3n) is 2.47. The summed E-state index contributed by atoms with van der Waals surface area (Å²) < 4.78 is 10.2. The van der Waals surface area contributed by atoms with E-state index in [0.717, 1.165) is 5.52 Å². The molecule has 6 nitrogen and oxygen atoms in total. The molecule has 0 bridgehead atoms. The minimum absolute atomic E-state index is 0.0217. The lowest BCUT2D eigenvalue weighted by Gasteiger charge is -2.04. The molecule has 0 fully saturated rings. The fourth-order valence-electron chi connectivity index (χ4n) is 1.61. The predicted molar refractivity (Wildman–Crippen MR) is 65.4 cm³/mol.